The Morgan fingerprint density at radius 3 is 1.11 bits per heavy atom. The standard InChI is InChI=1S/C26H24S/c1-2-22-18-20-26(21-19-22)27(23-12-6-3-7-13-23,24-14-8-4-9-15-24)25-16-10-5-11-17-25/h3-21H,2H2,1H3. The lowest BCUT2D eigenvalue weighted by molar-refractivity contribution is 1.12. The fourth-order valence-electron chi connectivity index (χ4n) is 3.62. The predicted molar refractivity (Wildman–Crippen MR) is 116 cm³/mol. The van der Waals surface area contributed by atoms with Gasteiger partial charge in [-0.05, 0) is 60.5 Å². The van der Waals surface area contributed by atoms with Gasteiger partial charge in [0.1, 0.15) is 0 Å². The van der Waals surface area contributed by atoms with E-state index in [9.17, 15) is 0 Å². The monoisotopic (exact) mass is 368 g/mol. The molecule has 0 amide bonds. The Bertz CT molecular complexity index is 878. The highest BCUT2D eigenvalue weighted by molar-refractivity contribution is 8.34. The van der Waals surface area contributed by atoms with Gasteiger partial charge in [-0.25, -0.2) is 0 Å². The molecule has 4 aromatic rings. The lowest BCUT2D eigenvalue weighted by Gasteiger charge is -2.42. The summed E-state index contributed by atoms with van der Waals surface area (Å²) in [7, 11) is -1.54. The van der Waals surface area contributed by atoms with Gasteiger partial charge in [0.2, 0.25) is 0 Å². The van der Waals surface area contributed by atoms with E-state index >= 15 is 0 Å². The summed E-state index contributed by atoms with van der Waals surface area (Å²) in [5, 5.41) is 0. The van der Waals surface area contributed by atoms with Crippen molar-refractivity contribution in [3.63, 3.8) is 0 Å². The summed E-state index contributed by atoms with van der Waals surface area (Å²) >= 11 is 0. The number of benzene rings is 4. The highest BCUT2D eigenvalue weighted by atomic mass is 32.3. The van der Waals surface area contributed by atoms with Crippen LogP contribution in [0.15, 0.2) is 135 Å². The van der Waals surface area contributed by atoms with Crippen molar-refractivity contribution in [3.05, 3.63) is 121 Å². The van der Waals surface area contributed by atoms with E-state index in [1.165, 1.54) is 25.1 Å². The average Bonchev–Trinajstić information content (AvgIpc) is 2.77. The van der Waals surface area contributed by atoms with Crippen molar-refractivity contribution in [2.45, 2.75) is 32.9 Å². The summed E-state index contributed by atoms with van der Waals surface area (Å²) < 4.78 is 0. The van der Waals surface area contributed by atoms with Crippen molar-refractivity contribution in [1.82, 2.24) is 0 Å². The van der Waals surface area contributed by atoms with Crippen molar-refractivity contribution < 1.29 is 0 Å². The Morgan fingerprint density at radius 1 is 0.444 bits per heavy atom. The van der Waals surface area contributed by atoms with E-state index in [2.05, 4.69) is 122 Å². The molecule has 0 fully saturated rings. The van der Waals surface area contributed by atoms with Crippen LogP contribution < -0.4 is 0 Å². The van der Waals surface area contributed by atoms with E-state index in [0.29, 0.717) is 0 Å². The third kappa shape index (κ3) is 3.20. The molecule has 0 atom stereocenters. The van der Waals surface area contributed by atoms with Gasteiger partial charge in [-0.2, -0.15) is 0 Å². The van der Waals surface area contributed by atoms with Crippen LogP contribution in [0.4, 0.5) is 0 Å². The minimum Gasteiger partial charge on any atom is -0.133 e. The molecule has 0 aromatic heterocycles. The van der Waals surface area contributed by atoms with Crippen molar-refractivity contribution in [2.24, 2.45) is 0 Å². The van der Waals surface area contributed by atoms with Crippen LogP contribution in [-0.2, 0) is 6.42 Å². The normalized spacial score (nSPS) is 11.9. The average molecular weight is 369 g/mol. The van der Waals surface area contributed by atoms with Gasteiger partial charge < -0.3 is 0 Å². The molecule has 4 aromatic carbocycles. The molecule has 1 heteroatoms. The molecule has 134 valence electrons. The molecule has 0 aliphatic rings. The minimum absolute atomic E-state index is 1.06. The molecule has 0 N–H and O–H groups in total. The van der Waals surface area contributed by atoms with E-state index in [1.807, 2.05) is 0 Å². The molecule has 0 radical (unpaired) electrons. The van der Waals surface area contributed by atoms with Crippen molar-refractivity contribution in [1.29, 1.82) is 0 Å². The molecule has 0 aliphatic carbocycles. The maximum atomic E-state index is 2.33. The second-order valence-electron chi connectivity index (χ2n) is 6.55. The van der Waals surface area contributed by atoms with Crippen molar-refractivity contribution >= 4 is 10.0 Å². The van der Waals surface area contributed by atoms with Crippen LogP contribution in [0.3, 0.4) is 0 Å². The fraction of sp³-hybridized carbons (Fsp3) is 0.0769. The number of hydrogen-bond acceptors (Lipinski definition) is 0. The Morgan fingerprint density at radius 2 is 0.778 bits per heavy atom. The van der Waals surface area contributed by atoms with E-state index in [1.54, 1.807) is 0 Å². The summed E-state index contributed by atoms with van der Waals surface area (Å²) in [6.07, 6.45) is 1.06. The topological polar surface area (TPSA) is 0 Å². The Balaban J connectivity index is 2.09. The van der Waals surface area contributed by atoms with Crippen LogP contribution in [0.1, 0.15) is 12.5 Å². The summed E-state index contributed by atoms with van der Waals surface area (Å²) in [4.78, 5) is 5.48. The van der Waals surface area contributed by atoms with E-state index < -0.39 is 10.0 Å². The van der Waals surface area contributed by atoms with Crippen LogP contribution in [-0.4, -0.2) is 0 Å². The Kier molecular flexibility index (Phi) is 5.13. The second-order valence-corrected chi connectivity index (χ2v) is 9.66. The second kappa shape index (κ2) is 7.85. The quantitative estimate of drug-likeness (QED) is 0.340. The summed E-state index contributed by atoms with van der Waals surface area (Å²) in [6.45, 7) is 2.21. The van der Waals surface area contributed by atoms with E-state index in [0.717, 1.165) is 6.42 Å². The number of rotatable bonds is 5. The van der Waals surface area contributed by atoms with Gasteiger partial charge >= 0.3 is 0 Å². The molecule has 0 saturated carbocycles. The van der Waals surface area contributed by atoms with Crippen LogP contribution in [0.5, 0.6) is 0 Å². The largest absolute Gasteiger partial charge is 0.133 e. The molecule has 0 nitrogen and oxygen atoms in total. The zero-order chi connectivity index (χ0) is 18.5. The molecule has 0 heterocycles. The fourth-order valence-corrected chi connectivity index (χ4v) is 7.49. The molecular formula is C26H24S. The van der Waals surface area contributed by atoms with Crippen LogP contribution in [0.25, 0.3) is 0 Å². The molecule has 0 aliphatic heterocycles. The van der Waals surface area contributed by atoms with Gasteiger partial charge in [-0.3, -0.25) is 0 Å². The zero-order valence-electron chi connectivity index (χ0n) is 15.6. The lowest BCUT2D eigenvalue weighted by atomic mass is 10.2. The first-order valence-electron chi connectivity index (χ1n) is 9.43. The minimum atomic E-state index is -1.54. The molecule has 0 bridgehead atoms. The molecular weight excluding hydrogens is 344 g/mol. The summed E-state index contributed by atoms with van der Waals surface area (Å²) in [6, 6.07) is 42.2. The van der Waals surface area contributed by atoms with Gasteiger partial charge in [-0.1, -0.05) is 73.7 Å². The maximum Gasteiger partial charge on any atom is 0.00231 e. The molecule has 0 saturated heterocycles. The van der Waals surface area contributed by atoms with Crippen LogP contribution in [0, 0.1) is 0 Å². The first-order valence-corrected chi connectivity index (χ1v) is 11.1. The zero-order valence-corrected chi connectivity index (χ0v) is 16.4. The van der Waals surface area contributed by atoms with Crippen LogP contribution in [0.2, 0.25) is 0 Å². The third-order valence-corrected chi connectivity index (χ3v) is 8.89. The van der Waals surface area contributed by atoms with Gasteiger partial charge in [0.05, 0.1) is 0 Å². The lowest BCUT2D eigenvalue weighted by Crippen LogP contribution is -2.05. The molecule has 0 spiro atoms. The SMILES string of the molecule is CCc1ccc(S(c2ccccc2)(c2ccccc2)c2ccccc2)cc1. The Hall–Kier alpha value is -2.77. The smallest absolute Gasteiger partial charge is 0.00231 e. The summed E-state index contributed by atoms with van der Waals surface area (Å²) in [5.41, 5.74) is 1.38. The molecule has 27 heavy (non-hydrogen) atoms. The number of hydrogen-bond donors (Lipinski definition) is 0. The molecule has 4 rings (SSSR count). The Labute approximate surface area is 163 Å². The predicted octanol–water partition coefficient (Wildman–Crippen LogP) is 7.59. The first-order chi connectivity index (χ1) is 13.4. The number of aryl methyl sites for hydroxylation is 1. The van der Waals surface area contributed by atoms with Gasteiger partial charge in [-0.15, -0.1) is 10.0 Å². The van der Waals surface area contributed by atoms with E-state index in [-0.39, 0.29) is 0 Å². The highest BCUT2D eigenvalue weighted by Crippen LogP contribution is 2.73. The maximum absolute atomic E-state index is 2.33. The first kappa shape index (κ1) is 17.6. The van der Waals surface area contributed by atoms with Gasteiger partial charge in [0.15, 0.2) is 0 Å². The van der Waals surface area contributed by atoms with Gasteiger partial charge in [0, 0.05) is 19.6 Å². The van der Waals surface area contributed by atoms with E-state index in [4.69, 9.17) is 0 Å². The van der Waals surface area contributed by atoms with Crippen molar-refractivity contribution in [3.8, 4) is 0 Å². The molecule has 0 unspecified atom stereocenters. The van der Waals surface area contributed by atoms with Crippen molar-refractivity contribution in [2.75, 3.05) is 0 Å². The summed E-state index contributed by atoms with van der Waals surface area (Å²) in [5.74, 6) is 0. The highest BCUT2D eigenvalue weighted by Gasteiger charge is 2.32. The van der Waals surface area contributed by atoms with Gasteiger partial charge in [0.25, 0.3) is 0 Å². The third-order valence-electron chi connectivity index (χ3n) is 4.98. The van der Waals surface area contributed by atoms with Crippen LogP contribution >= 0.6 is 10.0 Å².